The molecule has 1 atom stereocenters. The van der Waals surface area contributed by atoms with Crippen LogP contribution in [0.15, 0.2) is 27.1 Å². The van der Waals surface area contributed by atoms with Crippen molar-refractivity contribution in [3.63, 3.8) is 0 Å². The quantitative estimate of drug-likeness (QED) is 0.777. The number of carboxylic acid groups (broad SMARTS) is 1. The summed E-state index contributed by atoms with van der Waals surface area (Å²) in [6.45, 7) is 1.87. The van der Waals surface area contributed by atoms with Crippen LogP contribution >= 0.6 is 31.9 Å². The first-order valence-electron chi connectivity index (χ1n) is 5.87. The molecule has 2 N–H and O–H groups in total. The van der Waals surface area contributed by atoms with Gasteiger partial charge in [0.1, 0.15) is 0 Å². The Hall–Kier alpha value is -0.880. The van der Waals surface area contributed by atoms with Crippen LogP contribution in [0.4, 0.5) is 0 Å². The average Bonchev–Trinajstić information content (AvgIpc) is 2.26. The van der Waals surface area contributed by atoms with Crippen molar-refractivity contribution in [2.24, 2.45) is 0 Å². The molecule has 0 bridgehead atoms. The highest BCUT2D eigenvalue weighted by Gasteiger charge is 2.11. The van der Waals surface area contributed by atoms with Gasteiger partial charge in [-0.25, -0.2) is 0 Å². The molecule has 0 saturated heterocycles. The van der Waals surface area contributed by atoms with Gasteiger partial charge in [-0.15, -0.1) is 0 Å². The lowest BCUT2D eigenvalue weighted by Gasteiger charge is -2.13. The third-order valence-corrected chi connectivity index (χ3v) is 3.45. The van der Waals surface area contributed by atoms with Gasteiger partial charge in [-0.3, -0.25) is 9.59 Å². The van der Waals surface area contributed by atoms with Crippen LogP contribution in [-0.4, -0.2) is 23.0 Å². The number of nitrogens with one attached hydrogen (secondary N) is 1. The van der Waals surface area contributed by atoms with Crippen molar-refractivity contribution >= 4 is 43.7 Å². The Morgan fingerprint density at radius 2 is 1.84 bits per heavy atom. The molecule has 0 fully saturated rings. The Kier molecular flexibility index (Phi) is 6.51. The van der Waals surface area contributed by atoms with Crippen molar-refractivity contribution in [3.05, 3.63) is 32.7 Å². The van der Waals surface area contributed by atoms with Crippen molar-refractivity contribution in [1.29, 1.82) is 0 Å². The number of carbonyl (C=O) groups is 2. The molecular weight excluding hydrogens is 378 g/mol. The molecule has 1 aromatic rings. The minimum absolute atomic E-state index is 0.0513. The van der Waals surface area contributed by atoms with E-state index in [1.165, 1.54) is 0 Å². The number of carboxylic acids is 1. The molecule has 104 valence electrons. The van der Waals surface area contributed by atoms with Gasteiger partial charge in [0.25, 0.3) is 5.91 Å². The summed E-state index contributed by atoms with van der Waals surface area (Å²) in [6, 6.07) is 5.28. The van der Waals surface area contributed by atoms with Crippen molar-refractivity contribution in [3.8, 4) is 0 Å². The molecule has 0 radical (unpaired) electrons. The molecule has 0 aliphatic rings. The molecule has 1 amide bonds. The molecule has 0 spiro atoms. The predicted molar refractivity (Wildman–Crippen MR) is 80.3 cm³/mol. The zero-order valence-corrected chi connectivity index (χ0v) is 13.6. The first-order chi connectivity index (χ1) is 8.88. The van der Waals surface area contributed by atoms with Crippen LogP contribution in [0, 0.1) is 0 Å². The summed E-state index contributed by atoms with van der Waals surface area (Å²) in [6.07, 6.45) is 1.33. The van der Waals surface area contributed by atoms with E-state index < -0.39 is 5.97 Å². The van der Waals surface area contributed by atoms with E-state index in [4.69, 9.17) is 5.11 Å². The highest BCUT2D eigenvalue weighted by molar-refractivity contribution is 9.11. The summed E-state index contributed by atoms with van der Waals surface area (Å²) in [5, 5.41) is 11.4. The van der Waals surface area contributed by atoms with Gasteiger partial charge in [0.05, 0.1) is 0 Å². The summed E-state index contributed by atoms with van der Waals surface area (Å²) in [4.78, 5) is 22.4. The van der Waals surface area contributed by atoms with Crippen LogP contribution in [0.1, 0.15) is 36.5 Å². The van der Waals surface area contributed by atoms with Crippen molar-refractivity contribution < 1.29 is 14.7 Å². The first kappa shape index (κ1) is 16.2. The zero-order chi connectivity index (χ0) is 14.4. The number of hydrogen-bond acceptors (Lipinski definition) is 2. The van der Waals surface area contributed by atoms with Crippen molar-refractivity contribution in [1.82, 2.24) is 5.32 Å². The molecule has 1 unspecified atom stereocenters. The second kappa shape index (κ2) is 7.65. The fourth-order valence-corrected chi connectivity index (χ4v) is 2.92. The van der Waals surface area contributed by atoms with Gasteiger partial charge in [0.15, 0.2) is 0 Å². The van der Waals surface area contributed by atoms with Crippen LogP contribution in [-0.2, 0) is 4.79 Å². The molecule has 0 heterocycles. The van der Waals surface area contributed by atoms with E-state index in [1.807, 2.05) is 13.0 Å². The smallest absolute Gasteiger partial charge is 0.303 e. The molecule has 1 rings (SSSR count). The fourth-order valence-electron chi connectivity index (χ4n) is 1.62. The van der Waals surface area contributed by atoms with Crippen LogP contribution < -0.4 is 5.32 Å². The molecule has 6 heteroatoms. The van der Waals surface area contributed by atoms with Gasteiger partial charge in [-0.2, -0.15) is 0 Å². The van der Waals surface area contributed by atoms with E-state index >= 15 is 0 Å². The maximum atomic E-state index is 12.0. The molecule has 0 aromatic heterocycles. The monoisotopic (exact) mass is 391 g/mol. The molecule has 0 saturated carbocycles. The third-order valence-electron chi connectivity index (χ3n) is 2.53. The number of aliphatic carboxylic acids is 1. The van der Waals surface area contributed by atoms with Gasteiger partial charge in [0, 0.05) is 27.0 Å². The third kappa shape index (κ3) is 6.20. The summed E-state index contributed by atoms with van der Waals surface area (Å²) in [5.74, 6) is -0.973. The Morgan fingerprint density at radius 1 is 1.26 bits per heavy atom. The van der Waals surface area contributed by atoms with Gasteiger partial charge in [0.2, 0.25) is 0 Å². The molecule has 0 aliphatic carbocycles. The lowest BCUT2D eigenvalue weighted by atomic mass is 10.1. The van der Waals surface area contributed by atoms with Crippen LogP contribution in [0.3, 0.4) is 0 Å². The first-order valence-corrected chi connectivity index (χ1v) is 7.46. The maximum Gasteiger partial charge on any atom is 0.303 e. The van der Waals surface area contributed by atoms with Crippen molar-refractivity contribution in [2.75, 3.05) is 0 Å². The number of hydrogen-bond donors (Lipinski definition) is 2. The Balaban J connectivity index is 2.51. The molecular formula is C13H15Br2NO3. The average molecular weight is 393 g/mol. The van der Waals surface area contributed by atoms with E-state index in [0.29, 0.717) is 18.4 Å². The summed E-state index contributed by atoms with van der Waals surface area (Å²) < 4.78 is 1.65. The molecule has 1 aromatic carbocycles. The normalized spacial score (nSPS) is 11.9. The SMILES string of the molecule is CC(CCCC(=O)O)NC(=O)c1cc(Br)cc(Br)c1. The lowest BCUT2D eigenvalue weighted by molar-refractivity contribution is -0.137. The maximum absolute atomic E-state index is 12.0. The van der Waals surface area contributed by atoms with Gasteiger partial charge in [-0.05, 0) is 38.0 Å². The van der Waals surface area contributed by atoms with Crippen molar-refractivity contribution in [2.45, 2.75) is 32.2 Å². The molecule has 0 aliphatic heterocycles. The summed E-state index contributed by atoms with van der Waals surface area (Å²) >= 11 is 6.66. The van der Waals surface area contributed by atoms with E-state index in [9.17, 15) is 9.59 Å². The number of halogens is 2. The zero-order valence-electron chi connectivity index (χ0n) is 10.5. The van der Waals surface area contributed by atoms with Gasteiger partial charge >= 0.3 is 5.97 Å². The number of benzene rings is 1. The van der Waals surface area contributed by atoms with Crippen LogP contribution in [0.2, 0.25) is 0 Å². The fraction of sp³-hybridized carbons (Fsp3) is 0.385. The van der Waals surface area contributed by atoms with E-state index in [2.05, 4.69) is 37.2 Å². The van der Waals surface area contributed by atoms with E-state index in [-0.39, 0.29) is 18.4 Å². The highest BCUT2D eigenvalue weighted by atomic mass is 79.9. The molecule has 4 nitrogen and oxygen atoms in total. The molecule has 19 heavy (non-hydrogen) atoms. The number of amides is 1. The largest absolute Gasteiger partial charge is 0.481 e. The second-order valence-electron chi connectivity index (χ2n) is 4.32. The highest BCUT2D eigenvalue weighted by Crippen LogP contribution is 2.20. The minimum Gasteiger partial charge on any atom is -0.481 e. The van der Waals surface area contributed by atoms with Crippen LogP contribution in [0.25, 0.3) is 0 Å². The summed E-state index contributed by atoms with van der Waals surface area (Å²) in [5.41, 5.74) is 0.561. The van der Waals surface area contributed by atoms with Gasteiger partial charge < -0.3 is 10.4 Å². The standard InChI is InChI=1S/C13H15Br2NO3/c1-8(3-2-4-12(17)18)16-13(19)9-5-10(14)7-11(15)6-9/h5-8H,2-4H2,1H3,(H,16,19)(H,17,18). The van der Waals surface area contributed by atoms with Crippen LogP contribution in [0.5, 0.6) is 0 Å². The lowest BCUT2D eigenvalue weighted by Crippen LogP contribution is -2.32. The number of rotatable bonds is 6. The second-order valence-corrected chi connectivity index (χ2v) is 6.15. The minimum atomic E-state index is -0.811. The van der Waals surface area contributed by atoms with E-state index in [0.717, 1.165) is 8.95 Å². The van der Waals surface area contributed by atoms with E-state index in [1.54, 1.807) is 12.1 Å². The number of carbonyl (C=O) groups excluding carboxylic acids is 1. The van der Waals surface area contributed by atoms with Gasteiger partial charge in [-0.1, -0.05) is 31.9 Å². The Labute approximate surface area is 128 Å². The Bertz CT molecular complexity index is 457. The summed E-state index contributed by atoms with van der Waals surface area (Å²) in [7, 11) is 0. The predicted octanol–water partition coefficient (Wildman–Crippen LogP) is 3.58. The topological polar surface area (TPSA) is 66.4 Å². The Morgan fingerprint density at radius 3 is 2.37 bits per heavy atom.